The summed E-state index contributed by atoms with van der Waals surface area (Å²) in [6.07, 6.45) is -25.4. The van der Waals surface area contributed by atoms with E-state index in [1.165, 1.54) is 18.2 Å². The van der Waals surface area contributed by atoms with Crippen molar-refractivity contribution >= 4 is 43.6 Å². The lowest BCUT2D eigenvalue weighted by Gasteiger charge is -2.22. The molecule has 0 bridgehead atoms. The minimum Gasteiger partial charge on any atom is -0.307 e. The number of fused-ring (bicyclic) bond motifs is 6. The van der Waals surface area contributed by atoms with Crippen LogP contribution >= 0.6 is 0 Å². The average Bonchev–Trinajstić information content (AvgIpc) is 3.67. The SMILES string of the molecule is N#Cc1cccc(-c2cc(-n3c4ccc(C(F)(F)F)cc4c4cc(C(F)(F)F)ccc43)c(-n3c4ccc(C(F)(F)F)cc4c4cc(C(F)(F)F)ccc43)cc2C(F)(F)F)c1. The molecule has 0 aliphatic carbocycles. The van der Waals surface area contributed by atoms with Gasteiger partial charge < -0.3 is 9.13 Å². The van der Waals surface area contributed by atoms with E-state index in [9.17, 15) is 57.9 Å². The zero-order valence-corrected chi connectivity index (χ0v) is 29.4. The first-order valence-corrected chi connectivity index (χ1v) is 17.1. The second-order valence-electron chi connectivity index (χ2n) is 13.7. The highest BCUT2D eigenvalue weighted by molar-refractivity contribution is 6.12. The van der Waals surface area contributed by atoms with Crippen molar-refractivity contribution in [2.75, 3.05) is 0 Å². The molecule has 0 aliphatic rings. The van der Waals surface area contributed by atoms with Crippen LogP contribution in [0, 0.1) is 11.3 Å². The minimum atomic E-state index is -5.26. The molecule has 0 aliphatic heterocycles. The summed E-state index contributed by atoms with van der Waals surface area (Å²) in [7, 11) is 0. The van der Waals surface area contributed by atoms with Crippen molar-refractivity contribution < 1.29 is 65.9 Å². The Bertz CT molecular complexity index is 2950. The monoisotopic (exact) mass is 849 g/mol. The van der Waals surface area contributed by atoms with E-state index in [1.54, 1.807) is 6.07 Å². The fourth-order valence-corrected chi connectivity index (χ4v) is 7.44. The fourth-order valence-electron chi connectivity index (χ4n) is 7.44. The van der Waals surface area contributed by atoms with Crippen molar-refractivity contribution in [1.29, 1.82) is 5.26 Å². The van der Waals surface area contributed by atoms with Crippen LogP contribution in [-0.2, 0) is 30.9 Å². The first kappa shape index (κ1) is 40.2. The van der Waals surface area contributed by atoms with Gasteiger partial charge in [0.05, 0.1) is 72.9 Å². The Kier molecular flexibility index (Phi) is 8.82. The Morgan fingerprint density at radius 3 is 1.05 bits per heavy atom. The molecule has 2 aromatic heterocycles. The van der Waals surface area contributed by atoms with E-state index in [-0.39, 0.29) is 33.2 Å². The predicted molar refractivity (Wildman–Crippen MR) is 190 cm³/mol. The maximum absolute atomic E-state index is 15.3. The van der Waals surface area contributed by atoms with Gasteiger partial charge in [0.15, 0.2) is 0 Å². The highest BCUT2D eigenvalue weighted by Crippen LogP contribution is 2.47. The summed E-state index contributed by atoms with van der Waals surface area (Å²) >= 11 is 0. The topological polar surface area (TPSA) is 33.6 Å². The molecule has 0 radical (unpaired) electrons. The molecule has 306 valence electrons. The van der Waals surface area contributed by atoms with Crippen molar-refractivity contribution in [1.82, 2.24) is 9.13 Å². The minimum absolute atomic E-state index is 0.106. The molecule has 0 fully saturated rings. The van der Waals surface area contributed by atoms with Crippen molar-refractivity contribution in [3.8, 4) is 28.6 Å². The predicted octanol–water partition coefficient (Wildman–Crippen LogP) is 14.5. The van der Waals surface area contributed by atoms with Crippen molar-refractivity contribution in [2.24, 2.45) is 0 Å². The third kappa shape index (κ3) is 6.71. The quantitative estimate of drug-likeness (QED) is 0.163. The highest BCUT2D eigenvalue weighted by atomic mass is 19.4. The van der Waals surface area contributed by atoms with Crippen LogP contribution in [-0.4, -0.2) is 9.13 Å². The lowest BCUT2D eigenvalue weighted by atomic mass is 9.95. The second-order valence-corrected chi connectivity index (χ2v) is 13.7. The normalized spacial score (nSPS) is 13.2. The molecule has 0 amide bonds. The smallest absolute Gasteiger partial charge is 0.307 e. The van der Waals surface area contributed by atoms with E-state index < -0.39 is 97.2 Å². The van der Waals surface area contributed by atoms with E-state index in [1.807, 2.05) is 0 Å². The first-order chi connectivity index (χ1) is 27.9. The summed E-state index contributed by atoms with van der Waals surface area (Å²) in [6.45, 7) is 0. The van der Waals surface area contributed by atoms with Gasteiger partial charge in [-0.05, 0) is 108 Å². The molecule has 0 atom stereocenters. The molecule has 0 spiro atoms. The van der Waals surface area contributed by atoms with Gasteiger partial charge in [-0.25, -0.2) is 0 Å². The van der Waals surface area contributed by atoms with Crippen molar-refractivity contribution in [2.45, 2.75) is 30.9 Å². The molecule has 8 aromatic rings. The first-order valence-electron chi connectivity index (χ1n) is 17.1. The molecule has 8 rings (SSSR count). The number of hydrogen-bond donors (Lipinski definition) is 0. The van der Waals surface area contributed by atoms with Gasteiger partial charge in [-0.15, -0.1) is 0 Å². The van der Waals surface area contributed by atoms with Crippen LogP contribution in [0.5, 0.6) is 0 Å². The van der Waals surface area contributed by atoms with Crippen molar-refractivity contribution in [3.63, 3.8) is 0 Å². The molecule has 0 saturated heterocycles. The number of rotatable bonds is 3. The number of nitrogens with zero attached hydrogens (tertiary/aromatic N) is 3. The Labute approximate surface area is 325 Å². The Hall–Kier alpha value is -6.64. The van der Waals surface area contributed by atoms with Gasteiger partial charge in [0.2, 0.25) is 0 Å². The molecule has 3 nitrogen and oxygen atoms in total. The summed E-state index contributed by atoms with van der Waals surface area (Å²) in [4.78, 5) is 0. The average molecular weight is 850 g/mol. The number of alkyl halides is 15. The van der Waals surface area contributed by atoms with E-state index >= 15 is 13.2 Å². The number of aromatic nitrogens is 2. The van der Waals surface area contributed by atoms with E-state index in [4.69, 9.17) is 0 Å². The van der Waals surface area contributed by atoms with E-state index in [2.05, 4.69) is 0 Å². The Morgan fingerprint density at radius 2 is 0.733 bits per heavy atom. The fraction of sp³-hybridized carbons (Fsp3) is 0.119. The van der Waals surface area contributed by atoms with Gasteiger partial charge in [0.25, 0.3) is 0 Å². The lowest BCUT2D eigenvalue weighted by molar-refractivity contribution is -0.138. The highest BCUT2D eigenvalue weighted by Gasteiger charge is 2.39. The largest absolute Gasteiger partial charge is 0.417 e. The van der Waals surface area contributed by atoms with E-state index in [0.29, 0.717) is 54.6 Å². The number of benzene rings is 6. The van der Waals surface area contributed by atoms with Crippen LogP contribution in [0.1, 0.15) is 33.4 Å². The maximum Gasteiger partial charge on any atom is 0.417 e. The molecule has 60 heavy (non-hydrogen) atoms. The van der Waals surface area contributed by atoms with Gasteiger partial charge in [-0.1, -0.05) is 12.1 Å². The molecular formula is C42H18F15N3. The standard InChI is InChI=1S/C42H18F15N3/c43-38(44,45)22-4-8-32-27(13-22)28-14-23(39(46,47)48)5-9-33(28)59(32)36-17-26(21-3-1-2-20(12-21)19-58)31(42(55,56)57)18-37(36)60-34-10-6-24(40(49,50)51)15-29(34)30-16-25(41(52,53)54)7-11-35(30)60/h1-18H. The summed E-state index contributed by atoms with van der Waals surface area (Å²) < 4.78 is 216. The second kappa shape index (κ2) is 13.2. The number of halogens is 15. The van der Waals surface area contributed by atoms with Gasteiger partial charge in [0, 0.05) is 21.5 Å². The number of hydrogen-bond acceptors (Lipinski definition) is 1. The summed E-state index contributed by atoms with van der Waals surface area (Å²) in [5.41, 5.74) is -9.85. The van der Waals surface area contributed by atoms with Crippen LogP contribution < -0.4 is 0 Å². The molecule has 18 heteroatoms. The van der Waals surface area contributed by atoms with Crippen LogP contribution in [0.3, 0.4) is 0 Å². The van der Waals surface area contributed by atoms with Crippen LogP contribution in [0.15, 0.2) is 109 Å². The zero-order valence-electron chi connectivity index (χ0n) is 29.4. The number of nitriles is 1. The van der Waals surface area contributed by atoms with Gasteiger partial charge in [0.1, 0.15) is 0 Å². The van der Waals surface area contributed by atoms with E-state index in [0.717, 1.165) is 45.5 Å². The molecule has 0 saturated carbocycles. The maximum atomic E-state index is 15.3. The third-order valence-corrected chi connectivity index (χ3v) is 10.0. The zero-order chi connectivity index (χ0) is 43.5. The van der Waals surface area contributed by atoms with Crippen LogP contribution in [0.4, 0.5) is 65.9 Å². The van der Waals surface area contributed by atoms with Crippen LogP contribution in [0.25, 0.3) is 66.1 Å². The summed E-state index contributed by atoms with van der Waals surface area (Å²) in [5, 5.41) is 7.73. The summed E-state index contributed by atoms with van der Waals surface area (Å²) in [5.74, 6) is 0. The Morgan fingerprint density at radius 1 is 0.383 bits per heavy atom. The molecule has 0 unspecified atom stereocenters. The Balaban J connectivity index is 1.61. The lowest BCUT2D eigenvalue weighted by Crippen LogP contribution is -2.12. The molecule has 0 N–H and O–H groups in total. The van der Waals surface area contributed by atoms with Gasteiger partial charge in [-0.3, -0.25) is 0 Å². The third-order valence-electron chi connectivity index (χ3n) is 10.0. The molecule has 6 aromatic carbocycles. The molecular weight excluding hydrogens is 831 g/mol. The van der Waals surface area contributed by atoms with Gasteiger partial charge in [-0.2, -0.15) is 71.1 Å². The van der Waals surface area contributed by atoms with Crippen LogP contribution in [0.2, 0.25) is 0 Å². The van der Waals surface area contributed by atoms with Gasteiger partial charge >= 0.3 is 30.9 Å². The van der Waals surface area contributed by atoms with Crippen molar-refractivity contribution in [3.05, 3.63) is 143 Å². The summed E-state index contributed by atoms with van der Waals surface area (Å²) in [6, 6.07) is 15.8. The molecule has 2 heterocycles.